The zero-order valence-corrected chi connectivity index (χ0v) is 18.1. The number of aryl methyl sites for hydroxylation is 1. The molecule has 0 unspecified atom stereocenters. The molecule has 162 valence electrons. The van der Waals surface area contributed by atoms with E-state index in [0.717, 1.165) is 55.2 Å². The highest BCUT2D eigenvalue weighted by Gasteiger charge is 2.29. The van der Waals surface area contributed by atoms with Crippen molar-refractivity contribution in [2.75, 3.05) is 29.9 Å². The molecule has 1 aromatic carbocycles. The van der Waals surface area contributed by atoms with Crippen LogP contribution < -0.4 is 15.5 Å². The van der Waals surface area contributed by atoms with Gasteiger partial charge in [-0.1, -0.05) is 0 Å². The van der Waals surface area contributed by atoms with Crippen LogP contribution in [0.15, 0.2) is 30.6 Å². The topological polar surface area (TPSA) is 74.6 Å². The van der Waals surface area contributed by atoms with Gasteiger partial charge in [-0.15, -0.1) is 0 Å². The van der Waals surface area contributed by atoms with Crippen LogP contribution in [0.3, 0.4) is 0 Å². The Kier molecular flexibility index (Phi) is 4.69. The molecule has 0 bridgehead atoms. The Balaban J connectivity index is 1.38. The minimum Gasteiger partial charge on any atom is -0.368 e. The van der Waals surface area contributed by atoms with E-state index < -0.39 is 11.7 Å². The summed E-state index contributed by atoms with van der Waals surface area (Å²) in [5.41, 5.74) is 3.36. The summed E-state index contributed by atoms with van der Waals surface area (Å²) in [5, 5.41) is 6.22. The molecule has 3 heterocycles. The van der Waals surface area contributed by atoms with Gasteiger partial charge >= 0.3 is 0 Å². The van der Waals surface area contributed by atoms with Crippen molar-refractivity contribution >= 4 is 23.1 Å². The van der Waals surface area contributed by atoms with E-state index in [1.807, 2.05) is 23.6 Å². The first kappa shape index (κ1) is 19.9. The Bertz CT molecular complexity index is 1170. The number of carbonyl (C=O) groups excluding carboxylic acids is 1. The average molecular weight is 423 g/mol. The van der Waals surface area contributed by atoms with E-state index in [-0.39, 0.29) is 11.1 Å². The van der Waals surface area contributed by atoms with E-state index in [1.54, 1.807) is 12.3 Å². The average Bonchev–Trinajstić information content (AvgIpc) is 3.47. The summed E-state index contributed by atoms with van der Waals surface area (Å²) in [6, 6.07) is 4.81. The number of hydrogen-bond donors (Lipinski definition) is 2. The highest BCUT2D eigenvalue weighted by atomic mass is 19.1. The third-order valence-electron chi connectivity index (χ3n) is 5.92. The first-order valence-corrected chi connectivity index (χ1v) is 10.8. The molecule has 1 saturated heterocycles. The molecule has 0 spiro atoms. The molecule has 0 radical (unpaired) electrons. The largest absolute Gasteiger partial charge is 0.368 e. The molecular weight excluding hydrogens is 395 g/mol. The van der Waals surface area contributed by atoms with Crippen LogP contribution in [0.1, 0.15) is 54.4 Å². The second kappa shape index (κ2) is 7.30. The number of rotatable bonds is 4. The molecule has 3 aromatic rings. The fourth-order valence-corrected chi connectivity index (χ4v) is 4.27. The van der Waals surface area contributed by atoms with Crippen LogP contribution in [-0.2, 0) is 0 Å². The molecule has 1 aliphatic carbocycles. The summed E-state index contributed by atoms with van der Waals surface area (Å²) in [5.74, 6) is -0.256. The van der Waals surface area contributed by atoms with Gasteiger partial charge in [0.1, 0.15) is 11.6 Å². The molecule has 2 fully saturated rings. The van der Waals surface area contributed by atoms with E-state index in [0.29, 0.717) is 11.7 Å². The third-order valence-corrected chi connectivity index (χ3v) is 5.92. The highest BCUT2D eigenvalue weighted by molar-refractivity contribution is 6.04. The van der Waals surface area contributed by atoms with Crippen molar-refractivity contribution in [1.82, 2.24) is 19.7 Å². The lowest BCUT2D eigenvalue weighted by Crippen LogP contribution is -2.57. The van der Waals surface area contributed by atoms with Crippen molar-refractivity contribution in [2.45, 2.75) is 45.1 Å². The molecule has 5 rings (SSSR count). The fourth-order valence-electron chi connectivity index (χ4n) is 4.27. The van der Waals surface area contributed by atoms with Crippen LogP contribution in [0.5, 0.6) is 0 Å². The predicted molar refractivity (Wildman–Crippen MR) is 118 cm³/mol. The molecule has 2 aliphatic rings. The number of hydrogen-bond acceptors (Lipinski definition) is 5. The van der Waals surface area contributed by atoms with Gasteiger partial charge in [-0.25, -0.2) is 14.4 Å². The second-order valence-electron chi connectivity index (χ2n) is 9.25. The standard InChI is InChI=1S/C23H27FN6O/c1-14-11-30-12-19(27-20(15-4-5-15)21(30)26-14)28-22(31)17-7-6-16(10-18(17)24)29-9-8-25-23(2,3)13-29/h6-7,10-12,15,25H,4-5,8-9,13H2,1-3H3,(H,28,31). The summed E-state index contributed by atoms with van der Waals surface area (Å²) in [6.07, 6.45) is 5.78. The summed E-state index contributed by atoms with van der Waals surface area (Å²) in [4.78, 5) is 24.1. The molecular formula is C23H27FN6O. The zero-order valence-electron chi connectivity index (χ0n) is 18.1. The van der Waals surface area contributed by atoms with Crippen LogP contribution in [0.2, 0.25) is 0 Å². The lowest BCUT2D eigenvalue weighted by Gasteiger charge is -2.40. The Hall–Kier alpha value is -3.00. The maximum absolute atomic E-state index is 14.9. The van der Waals surface area contributed by atoms with Gasteiger partial charge in [0, 0.05) is 43.0 Å². The van der Waals surface area contributed by atoms with Gasteiger partial charge in [0.15, 0.2) is 5.65 Å². The monoisotopic (exact) mass is 422 g/mol. The maximum Gasteiger partial charge on any atom is 0.259 e. The Morgan fingerprint density at radius 2 is 2.06 bits per heavy atom. The minimum atomic E-state index is -0.534. The Morgan fingerprint density at radius 1 is 1.26 bits per heavy atom. The van der Waals surface area contributed by atoms with Crippen LogP contribution in [0.4, 0.5) is 15.9 Å². The van der Waals surface area contributed by atoms with Gasteiger partial charge in [-0.2, -0.15) is 0 Å². The number of amides is 1. The van der Waals surface area contributed by atoms with Gasteiger partial charge in [0.2, 0.25) is 0 Å². The van der Waals surface area contributed by atoms with Crippen LogP contribution in [0.25, 0.3) is 5.65 Å². The molecule has 0 atom stereocenters. The van der Waals surface area contributed by atoms with Crippen molar-refractivity contribution < 1.29 is 9.18 Å². The van der Waals surface area contributed by atoms with Crippen molar-refractivity contribution in [1.29, 1.82) is 0 Å². The molecule has 8 heteroatoms. The first-order valence-electron chi connectivity index (χ1n) is 10.8. The Labute approximate surface area is 180 Å². The fraction of sp³-hybridized carbons (Fsp3) is 0.435. The lowest BCUT2D eigenvalue weighted by atomic mass is 10.0. The van der Waals surface area contributed by atoms with Gasteiger partial charge in [0.25, 0.3) is 5.91 Å². The number of fused-ring (bicyclic) bond motifs is 1. The zero-order chi connectivity index (χ0) is 21.8. The van der Waals surface area contributed by atoms with Crippen molar-refractivity contribution in [3.63, 3.8) is 0 Å². The number of anilines is 2. The van der Waals surface area contributed by atoms with Gasteiger partial charge in [-0.05, 0) is 51.8 Å². The van der Waals surface area contributed by atoms with Crippen molar-refractivity contribution in [2.24, 2.45) is 0 Å². The maximum atomic E-state index is 14.9. The minimum absolute atomic E-state index is 0.00910. The van der Waals surface area contributed by atoms with Crippen LogP contribution in [-0.4, -0.2) is 45.4 Å². The number of carbonyl (C=O) groups is 1. The number of nitrogens with one attached hydrogen (secondary N) is 2. The molecule has 31 heavy (non-hydrogen) atoms. The smallest absolute Gasteiger partial charge is 0.259 e. The number of benzene rings is 1. The molecule has 1 aliphatic heterocycles. The summed E-state index contributed by atoms with van der Waals surface area (Å²) < 4.78 is 16.8. The second-order valence-corrected chi connectivity index (χ2v) is 9.25. The molecule has 1 amide bonds. The summed E-state index contributed by atoms with van der Waals surface area (Å²) >= 11 is 0. The number of aromatic nitrogens is 3. The third kappa shape index (κ3) is 3.99. The SMILES string of the molecule is Cc1cn2cc(NC(=O)c3ccc(N4CCNC(C)(C)C4)cc3F)nc(C3CC3)c2n1. The van der Waals surface area contributed by atoms with E-state index in [2.05, 4.69) is 39.3 Å². The van der Waals surface area contributed by atoms with Crippen LogP contribution in [0, 0.1) is 12.7 Å². The Morgan fingerprint density at radius 3 is 2.77 bits per heavy atom. The van der Waals surface area contributed by atoms with Crippen molar-refractivity contribution in [3.05, 3.63) is 53.4 Å². The predicted octanol–water partition coefficient (Wildman–Crippen LogP) is 3.49. The summed E-state index contributed by atoms with van der Waals surface area (Å²) in [6.45, 7) is 8.58. The van der Waals surface area contributed by atoms with Crippen LogP contribution >= 0.6 is 0 Å². The number of nitrogens with zero attached hydrogens (tertiary/aromatic N) is 4. The quantitative estimate of drug-likeness (QED) is 0.673. The molecule has 2 aromatic heterocycles. The van der Waals surface area contributed by atoms with Crippen molar-refractivity contribution in [3.8, 4) is 0 Å². The first-order chi connectivity index (χ1) is 14.8. The molecule has 7 nitrogen and oxygen atoms in total. The number of piperazine rings is 1. The van der Waals surface area contributed by atoms with E-state index in [4.69, 9.17) is 0 Å². The summed E-state index contributed by atoms with van der Waals surface area (Å²) in [7, 11) is 0. The van der Waals surface area contributed by atoms with Gasteiger partial charge in [-0.3, -0.25) is 4.79 Å². The number of halogens is 1. The van der Waals surface area contributed by atoms with E-state index >= 15 is 0 Å². The van der Waals surface area contributed by atoms with E-state index in [1.165, 1.54) is 6.07 Å². The highest BCUT2D eigenvalue weighted by Crippen LogP contribution is 2.41. The molecule has 2 N–H and O–H groups in total. The van der Waals surface area contributed by atoms with E-state index in [9.17, 15) is 9.18 Å². The normalized spacial score (nSPS) is 18.4. The van der Waals surface area contributed by atoms with Gasteiger partial charge in [0.05, 0.1) is 23.1 Å². The number of imidazole rings is 1. The lowest BCUT2D eigenvalue weighted by molar-refractivity contribution is 0.102. The molecule has 1 saturated carbocycles. The van der Waals surface area contributed by atoms with Gasteiger partial charge < -0.3 is 19.9 Å².